The van der Waals surface area contributed by atoms with E-state index in [0.29, 0.717) is 13.0 Å². The fourth-order valence-electron chi connectivity index (χ4n) is 5.51. The highest BCUT2D eigenvalue weighted by Gasteiger charge is 2.44. The largest absolute Gasteiger partial charge is 0.378 e. The van der Waals surface area contributed by atoms with Crippen LogP contribution in [0.2, 0.25) is 0 Å². The Morgan fingerprint density at radius 3 is 2.71 bits per heavy atom. The molecule has 4 saturated heterocycles. The van der Waals surface area contributed by atoms with Crippen molar-refractivity contribution in [3.05, 3.63) is 29.8 Å². The molecule has 2 atom stereocenters. The maximum absolute atomic E-state index is 12.0. The summed E-state index contributed by atoms with van der Waals surface area (Å²) in [4.78, 5) is 19.0. The summed E-state index contributed by atoms with van der Waals surface area (Å²) >= 11 is 0. The molecule has 1 aromatic carbocycles. The third-order valence-corrected chi connectivity index (χ3v) is 7.10. The molecule has 1 aromatic rings. The standard InChI is InChI=1S/C24H35N3O4/c28-23-6-3-9-27(23)17-21-7-8-24(31-21)18-25(10-13-30-19-24)16-20-4-1-2-5-22(20)26-11-14-29-15-12-26/h1-2,4-5,21H,3,6-19H2/t21-,24+/m0/s1. The molecule has 4 fully saturated rings. The van der Waals surface area contributed by atoms with Gasteiger partial charge < -0.3 is 24.0 Å². The summed E-state index contributed by atoms with van der Waals surface area (Å²) < 4.78 is 18.2. The van der Waals surface area contributed by atoms with Crippen LogP contribution in [-0.4, -0.2) is 93.1 Å². The van der Waals surface area contributed by atoms with E-state index in [9.17, 15) is 4.79 Å². The third-order valence-electron chi connectivity index (χ3n) is 7.10. The van der Waals surface area contributed by atoms with Gasteiger partial charge >= 0.3 is 0 Å². The van der Waals surface area contributed by atoms with Crippen molar-refractivity contribution in [1.82, 2.24) is 9.80 Å². The summed E-state index contributed by atoms with van der Waals surface area (Å²) in [7, 11) is 0. The van der Waals surface area contributed by atoms with Crippen LogP contribution in [0.15, 0.2) is 24.3 Å². The van der Waals surface area contributed by atoms with Crippen LogP contribution in [0.25, 0.3) is 0 Å². The first kappa shape index (κ1) is 21.2. The fourth-order valence-corrected chi connectivity index (χ4v) is 5.51. The first-order valence-electron chi connectivity index (χ1n) is 11.9. The number of hydrogen-bond acceptors (Lipinski definition) is 6. The molecule has 0 N–H and O–H groups in total. The summed E-state index contributed by atoms with van der Waals surface area (Å²) in [5, 5.41) is 0. The molecule has 4 aliphatic rings. The smallest absolute Gasteiger partial charge is 0.222 e. The van der Waals surface area contributed by atoms with Gasteiger partial charge in [-0.05, 0) is 30.9 Å². The predicted octanol–water partition coefficient (Wildman–Crippen LogP) is 1.90. The van der Waals surface area contributed by atoms with Crippen LogP contribution in [0, 0.1) is 0 Å². The zero-order valence-electron chi connectivity index (χ0n) is 18.5. The van der Waals surface area contributed by atoms with Gasteiger partial charge in [0.25, 0.3) is 0 Å². The minimum atomic E-state index is -0.252. The van der Waals surface area contributed by atoms with Crippen molar-refractivity contribution in [3.8, 4) is 0 Å². The number of carbonyl (C=O) groups excluding carboxylic acids is 1. The molecule has 0 saturated carbocycles. The fraction of sp³-hybridized carbons (Fsp3) is 0.708. The lowest BCUT2D eigenvalue weighted by molar-refractivity contribution is -0.132. The minimum Gasteiger partial charge on any atom is -0.378 e. The van der Waals surface area contributed by atoms with E-state index >= 15 is 0 Å². The average molecular weight is 430 g/mol. The Morgan fingerprint density at radius 2 is 1.87 bits per heavy atom. The molecule has 7 heteroatoms. The van der Waals surface area contributed by atoms with Crippen molar-refractivity contribution in [2.45, 2.75) is 43.9 Å². The van der Waals surface area contributed by atoms with Gasteiger partial charge in [-0.1, -0.05) is 18.2 Å². The van der Waals surface area contributed by atoms with Crippen molar-refractivity contribution >= 4 is 11.6 Å². The molecular formula is C24H35N3O4. The number of para-hydroxylation sites is 1. The first-order valence-corrected chi connectivity index (χ1v) is 11.9. The molecule has 1 spiro atoms. The Balaban J connectivity index is 1.25. The van der Waals surface area contributed by atoms with Crippen LogP contribution in [0.5, 0.6) is 0 Å². The summed E-state index contributed by atoms with van der Waals surface area (Å²) in [6.45, 7) is 9.19. The van der Waals surface area contributed by atoms with Crippen molar-refractivity contribution in [2.75, 3.05) is 70.6 Å². The summed E-state index contributed by atoms with van der Waals surface area (Å²) in [6, 6.07) is 8.75. The molecule has 1 amide bonds. The Labute approximate surface area is 185 Å². The van der Waals surface area contributed by atoms with E-state index in [4.69, 9.17) is 14.2 Å². The lowest BCUT2D eigenvalue weighted by Crippen LogP contribution is -2.45. The molecule has 0 bridgehead atoms. The number of hydrogen-bond donors (Lipinski definition) is 0. The molecular weight excluding hydrogens is 394 g/mol. The monoisotopic (exact) mass is 429 g/mol. The van der Waals surface area contributed by atoms with E-state index < -0.39 is 0 Å². The van der Waals surface area contributed by atoms with Crippen LogP contribution >= 0.6 is 0 Å². The van der Waals surface area contributed by atoms with Crippen LogP contribution in [0.4, 0.5) is 5.69 Å². The molecule has 4 aliphatic heterocycles. The maximum atomic E-state index is 12.0. The summed E-state index contributed by atoms with van der Waals surface area (Å²) in [5.74, 6) is 0.281. The molecule has 4 heterocycles. The minimum absolute atomic E-state index is 0.131. The van der Waals surface area contributed by atoms with E-state index in [0.717, 1.165) is 84.9 Å². The number of nitrogens with zero attached hydrogens (tertiary/aromatic N) is 3. The van der Waals surface area contributed by atoms with Gasteiger partial charge in [0.2, 0.25) is 5.91 Å². The van der Waals surface area contributed by atoms with Gasteiger partial charge in [-0.25, -0.2) is 0 Å². The number of likely N-dealkylation sites (tertiary alicyclic amines) is 1. The Morgan fingerprint density at radius 1 is 1.03 bits per heavy atom. The highest BCUT2D eigenvalue weighted by molar-refractivity contribution is 5.78. The third kappa shape index (κ3) is 4.90. The molecule has 0 aliphatic carbocycles. The van der Waals surface area contributed by atoms with Gasteiger partial charge in [-0.2, -0.15) is 0 Å². The van der Waals surface area contributed by atoms with Crippen LogP contribution < -0.4 is 4.90 Å². The molecule has 7 nitrogen and oxygen atoms in total. The van der Waals surface area contributed by atoms with E-state index in [-0.39, 0.29) is 17.6 Å². The van der Waals surface area contributed by atoms with E-state index in [1.807, 2.05) is 4.90 Å². The highest BCUT2D eigenvalue weighted by atomic mass is 16.6. The second-order valence-electron chi connectivity index (χ2n) is 9.40. The molecule has 0 aromatic heterocycles. The molecule has 0 radical (unpaired) electrons. The van der Waals surface area contributed by atoms with Crippen molar-refractivity contribution in [2.24, 2.45) is 0 Å². The van der Waals surface area contributed by atoms with E-state index in [1.54, 1.807) is 0 Å². The van der Waals surface area contributed by atoms with Crippen LogP contribution in [-0.2, 0) is 25.5 Å². The van der Waals surface area contributed by atoms with Crippen molar-refractivity contribution in [3.63, 3.8) is 0 Å². The van der Waals surface area contributed by atoms with E-state index in [1.165, 1.54) is 11.3 Å². The zero-order valence-corrected chi connectivity index (χ0v) is 18.5. The molecule has 5 rings (SSSR count). The lowest BCUT2D eigenvalue weighted by atomic mass is 9.99. The topological polar surface area (TPSA) is 54.5 Å². The lowest BCUT2D eigenvalue weighted by Gasteiger charge is -2.34. The van der Waals surface area contributed by atoms with Crippen molar-refractivity contribution < 1.29 is 19.0 Å². The van der Waals surface area contributed by atoms with Crippen molar-refractivity contribution in [1.29, 1.82) is 0 Å². The second kappa shape index (κ2) is 9.45. The summed E-state index contributed by atoms with van der Waals surface area (Å²) in [6.07, 6.45) is 3.81. The average Bonchev–Trinajstić information content (AvgIpc) is 3.32. The number of anilines is 1. The van der Waals surface area contributed by atoms with Gasteiger partial charge in [0.05, 0.1) is 32.5 Å². The summed E-state index contributed by atoms with van der Waals surface area (Å²) in [5.41, 5.74) is 2.43. The molecule has 0 unspecified atom stereocenters. The SMILES string of the molecule is O=C1CCCN1C[C@@H]1CC[C@@]2(COCCN(Cc3ccccc3N3CCOCC3)C2)O1. The number of amides is 1. The zero-order chi connectivity index (χ0) is 21.1. The van der Waals surface area contributed by atoms with Gasteiger partial charge in [0.15, 0.2) is 0 Å². The Hall–Kier alpha value is -1.67. The number of morpholine rings is 1. The normalized spacial score (nSPS) is 30.3. The van der Waals surface area contributed by atoms with Crippen LogP contribution in [0.3, 0.4) is 0 Å². The van der Waals surface area contributed by atoms with Gasteiger partial charge in [-0.15, -0.1) is 0 Å². The van der Waals surface area contributed by atoms with Gasteiger partial charge in [-0.3, -0.25) is 9.69 Å². The Bertz CT molecular complexity index is 769. The van der Waals surface area contributed by atoms with Gasteiger partial charge in [0, 0.05) is 57.9 Å². The first-order chi connectivity index (χ1) is 15.2. The Kier molecular flexibility index (Phi) is 6.46. The van der Waals surface area contributed by atoms with Gasteiger partial charge in [0.1, 0.15) is 5.60 Å². The molecule has 31 heavy (non-hydrogen) atoms. The second-order valence-corrected chi connectivity index (χ2v) is 9.40. The number of rotatable bonds is 5. The number of carbonyl (C=O) groups is 1. The highest BCUT2D eigenvalue weighted by Crippen LogP contribution is 2.35. The quantitative estimate of drug-likeness (QED) is 0.713. The number of ether oxygens (including phenoxy) is 3. The predicted molar refractivity (Wildman–Crippen MR) is 118 cm³/mol. The maximum Gasteiger partial charge on any atom is 0.222 e. The van der Waals surface area contributed by atoms with Crippen LogP contribution in [0.1, 0.15) is 31.2 Å². The molecule has 170 valence electrons. The number of benzene rings is 1. The van der Waals surface area contributed by atoms with E-state index in [2.05, 4.69) is 34.1 Å².